The predicted molar refractivity (Wildman–Crippen MR) is 67.6 cm³/mol. The Balaban J connectivity index is 3.02. The zero-order valence-corrected chi connectivity index (χ0v) is 9.79. The standard InChI is InChI=1S/C14H21N/c1-4-6-12-9-11(3)10-13(7-8-15)14(12)5-2/h4-6,10,13H,1,7-9,15H2,2-3H3/b12-6-,14-5+. The second-order valence-electron chi connectivity index (χ2n) is 4.05. The van der Waals surface area contributed by atoms with Gasteiger partial charge in [-0.2, -0.15) is 0 Å². The Kier molecular flexibility index (Phi) is 4.57. The Hall–Kier alpha value is -1.08. The smallest absolute Gasteiger partial charge is 0.00322 e. The summed E-state index contributed by atoms with van der Waals surface area (Å²) in [6.07, 6.45) is 10.6. The Bertz CT molecular complexity index is 318. The molecule has 15 heavy (non-hydrogen) atoms. The van der Waals surface area contributed by atoms with Crippen molar-refractivity contribution in [2.24, 2.45) is 11.7 Å². The fourth-order valence-electron chi connectivity index (χ4n) is 2.25. The zero-order chi connectivity index (χ0) is 11.3. The maximum absolute atomic E-state index is 5.65. The van der Waals surface area contributed by atoms with Gasteiger partial charge in [-0.05, 0) is 44.4 Å². The third kappa shape index (κ3) is 2.93. The van der Waals surface area contributed by atoms with Crippen LogP contribution in [0.4, 0.5) is 0 Å². The molecule has 1 rings (SSSR count). The van der Waals surface area contributed by atoms with Gasteiger partial charge in [0, 0.05) is 5.92 Å². The molecule has 1 atom stereocenters. The molecular weight excluding hydrogens is 182 g/mol. The van der Waals surface area contributed by atoms with E-state index in [4.69, 9.17) is 5.73 Å². The topological polar surface area (TPSA) is 26.0 Å². The summed E-state index contributed by atoms with van der Waals surface area (Å²) in [7, 11) is 0. The molecule has 0 heterocycles. The van der Waals surface area contributed by atoms with Crippen LogP contribution >= 0.6 is 0 Å². The molecule has 1 nitrogen and oxygen atoms in total. The maximum Gasteiger partial charge on any atom is 0.00322 e. The van der Waals surface area contributed by atoms with Gasteiger partial charge in [-0.3, -0.25) is 0 Å². The van der Waals surface area contributed by atoms with E-state index < -0.39 is 0 Å². The van der Waals surface area contributed by atoms with Crippen LogP contribution in [-0.4, -0.2) is 6.54 Å². The van der Waals surface area contributed by atoms with Gasteiger partial charge < -0.3 is 5.73 Å². The summed E-state index contributed by atoms with van der Waals surface area (Å²) in [5, 5.41) is 0. The van der Waals surface area contributed by atoms with Crippen LogP contribution in [0.1, 0.15) is 26.7 Å². The summed E-state index contributed by atoms with van der Waals surface area (Å²) < 4.78 is 0. The summed E-state index contributed by atoms with van der Waals surface area (Å²) in [6.45, 7) is 8.80. The van der Waals surface area contributed by atoms with Gasteiger partial charge in [0.2, 0.25) is 0 Å². The highest BCUT2D eigenvalue weighted by Gasteiger charge is 2.19. The van der Waals surface area contributed by atoms with Crippen molar-refractivity contribution >= 4 is 0 Å². The van der Waals surface area contributed by atoms with Crippen molar-refractivity contribution in [3.05, 3.63) is 47.6 Å². The lowest BCUT2D eigenvalue weighted by atomic mass is 9.80. The SMILES string of the molecule is C=C/C=C1/CC(C)=CC(CCN)/C1=C/C. The van der Waals surface area contributed by atoms with Gasteiger partial charge in [0.05, 0.1) is 0 Å². The number of hydrogen-bond donors (Lipinski definition) is 1. The Morgan fingerprint density at radius 1 is 1.60 bits per heavy atom. The largest absolute Gasteiger partial charge is 0.330 e. The van der Waals surface area contributed by atoms with Crippen LogP contribution in [0.2, 0.25) is 0 Å². The number of hydrogen-bond acceptors (Lipinski definition) is 1. The summed E-state index contributed by atoms with van der Waals surface area (Å²) in [6, 6.07) is 0. The monoisotopic (exact) mass is 203 g/mol. The molecule has 0 saturated carbocycles. The summed E-state index contributed by atoms with van der Waals surface area (Å²) in [5.74, 6) is 0.500. The molecule has 0 aromatic rings. The molecule has 2 N–H and O–H groups in total. The van der Waals surface area contributed by atoms with Crippen molar-refractivity contribution in [2.75, 3.05) is 6.54 Å². The van der Waals surface area contributed by atoms with Crippen molar-refractivity contribution in [1.29, 1.82) is 0 Å². The van der Waals surface area contributed by atoms with Gasteiger partial charge in [0.1, 0.15) is 0 Å². The first-order valence-corrected chi connectivity index (χ1v) is 5.58. The molecule has 1 aliphatic carbocycles. The lowest BCUT2D eigenvalue weighted by Crippen LogP contribution is -2.14. The quantitative estimate of drug-likeness (QED) is 0.699. The first-order valence-electron chi connectivity index (χ1n) is 5.58. The molecule has 0 saturated heterocycles. The predicted octanol–water partition coefficient (Wildman–Crippen LogP) is 3.36. The minimum Gasteiger partial charge on any atom is -0.330 e. The van der Waals surface area contributed by atoms with E-state index in [1.54, 1.807) is 0 Å². The first-order chi connectivity index (χ1) is 7.22. The number of rotatable bonds is 3. The van der Waals surface area contributed by atoms with Crippen molar-refractivity contribution in [3.63, 3.8) is 0 Å². The molecule has 1 heteroatoms. The maximum atomic E-state index is 5.65. The average molecular weight is 203 g/mol. The molecule has 0 aromatic heterocycles. The molecule has 0 amide bonds. The summed E-state index contributed by atoms with van der Waals surface area (Å²) in [4.78, 5) is 0. The lowest BCUT2D eigenvalue weighted by Gasteiger charge is -2.25. The minimum absolute atomic E-state index is 0.500. The molecule has 0 fully saturated rings. The van der Waals surface area contributed by atoms with E-state index in [9.17, 15) is 0 Å². The number of allylic oxidation sites excluding steroid dienone is 7. The van der Waals surface area contributed by atoms with Crippen LogP contribution in [0.5, 0.6) is 0 Å². The highest BCUT2D eigenvalue weighted by Crippen LogP contribution is 2.34. The van der Waals surface area contributed by atoms with Crippen LogP contribution in [0.3, 0.4) is 0 Å². The van der Waals surface area contributed by atoms with E-state index in [0.717, 1.165) is 19.4 Å². The Morgan fingerprint density at radius 2 is 2.33 bits per heavy atom. The van der Waals surface area contributed by atoms with Gasteiger partial charge in [0.15, 0.2) is 0 Å². The molecule has 0 spiro atoms. The molecule has 0 aliphatic heterocycles. The van der Waals surface area contributed by atoms with Gasteiger partial charge >= 0.3 is 0 Å². The van der Waals surface area contributed by atoms with Crippen LogP contribution in [0.15, 0.2) is 47.6 Å². The molecule has 1 aliphatic rings. The molecule has 1 unspecified atom stereocenters. The summed E-state index contributed by atoms with van der Waals surface area (Å²) >= 11 is 0. The van der Waals surface area contributed by atoms with Crippen molar-refractivity contribution in [3.8, 4) is 0 Å². The van der Waals surface area contributed by atoms with Crippen molar-refractivity contribution in [2.45, 2.75) is 26.7 Å². The second kappa shape index (κ2) is 5.72. The number of nitrogens with two attached hydrogens (primary N) is 1. The van der Waals surface area contributed by atoms with Crippen LogP contribution in [0.25, 0.3) is 0 Å². The molecular formula is C14H21N. The van der Waals surface area contributed by atoms with E-state index in [-0.39, 0.29) is 0 Å². The minimum atomic E-state index is 0.500. The average Bonchev–Trinajstić information content (AvgIpc) is 2.18. The van der Waals surface area contributed by atoms with Gasteiger partial charge in [-0.15, -0.1) is 0 Å². The lowest BCUT2D eigenvalue weighted by molar-refractivity contribution is 0.663. The fourth-order valence-corrected chi connectivity index (χ4v) is 2.25. The van der Waals surface area contributed by atoms with Gasteiger partial charge in [-0.1, -0.05) is 36.5 Å². The zero-order valence-electron chi connectivity index (χ0n) is 9.79. The van der Waals surface area contributed by atoms with E-state index in [1.807, 2.05) is 6.08 Å². The van der Waals surface area contributed by atoms with Crippen LogP contribution < -0.4 is 5.73 Å². The third-order valence-electron chi connectivity index (χ3n) is 2.83. The molecule has 82 valence electrons. The highest BCUT2D eigenvalue weighted by molar-refractivity contribution is 5.43. The van der Waals surface area contributed by atoms with Crippen molar-refractivity contribution in [1.82, 2.24) is 0 Å². The normalized spacial score (nSPS) is 26.9. The van der Waals surface area contributed by atoms with Gasteiger partial charge in [-0.25, -0.2) is 0 Å². The van der Waals surface area contributed by atoms with Gasteiger partial charge in [0.25, 0.3) is 0 Å². The van der Waals surface area contributed by atoms with Crippen LogP contribution in [0, 0.1) is 5.92 Å². The highest BCUT2D eigenvalue weighted by atomic mass is 14.5. The Labute approximate surface area is 93.1 Å². The molecule has 0 aromatic carbocycles. The second-order valence-corrected chi connectivity index (χ2v) is 4.05. The fraction of sp³-hybridized carbons (Fsp3) is 0.429. The summed E-state index contributed by atoms with van der Waals surface area (Å²) in [5.41, 5.74) is 9.90. The van der Waals surface area contributed by atoms with E-state index in [1.165, 1.54) is 16.7 Å². The molecule has 0 bridgehead atoms. The van der Waals surface area contributed by atoms with E-state index in [0.29, 0.717) is 5.92 Å². The van der Waals surface area contributed by atoms with E-state index in [2.05, 4.69) is 38.7 Å². The Morgan fingerprint density at radius 3 is 2.87 bits per heavy atom. The van der Waals surface area contributed by atoms with E-state index >= 15 is 0 Å². The third-order valence-corrected chi connectivity index (χ3v) is 2.83. The van der Waals surface area contributed by atoms with Crippen molar-refractivity contribution < 1.29 is 0 Å². The molecule has 0 radical (unpaired) electrons. The van der Waals surface area contributed by atoms with Crippen LogP contribution in [-0.2, 0) is 0 Å². The first kappa shape index (κ1) is 12.0.